The summed E-state index contributed by atoms with van der Waals surface area (Å²) in [7, 11) is 0. The van der Waals surface area contributed by atoms with Gasteiger partial charge in [-0.3, -0.25) is 0 Å². The molecule has 0 aliphatic rings. The number of aromatic nitrogens is 4. The number of benzene rings is 8. The van der Waals surface area contributed by atoms with Crippen LogP contribution in [0.2, 0.25) is 0 Å². The highest BCUT2D eigenvalue weighted by Gasteiger charge is 2.19. The lowest BCUT2D eigenvalue weighted by atomic mass is 10.0. The van der Waals surface area contributed by atoms with Crippen LogP contribution < -0.4 is 0 Å². The van der Waals surface area contributed by atoms with Gasteiger partial charge in [0.25, 0.3) is 0 Å². The second kappa shape index (κ2) is 12.8. The van der Waals surface area contributed by atoms with Crippen molar-refractivity contribution in [2.75, 3.05) is 0 Å². The number of hydrogen-bond acceptors (Lipinski definition) is 5. The molecule has 0 spiro atoms. The molecule has 0 aliphatic carbocycles. The monoisotopic (exact) mass is 762 g/mol. The van der Waals surface area contributed by atoms with Gasteiger partial charge in [0.05, 0.1) is 11.0 Å². The largest absolute Gasteiger partial charge is 0.309 e. The summed E-state index contributed by atoms with van der Waals surface area (Å²) in [6.07, 6.45) is 0. The van der Waals surface area contributed by atoms with Crippen LogP contribution in [0, 0.1) is 0 Å². The Labute approximate surface area is 335 Å². The summed E-state index contributed by atoms with van der Waals surface area (Å²) in [5.41, 5.74) is 8.94. The van der Waals surface area contributed by atoms with E-state index in [1.54, 1.807) is 11.3 Å². The maximum absolute atomic E-state index is 5.22. The summed E-state index contributed by atoms with van der Waals surface area (Å²) >= 11 is 3.63. The molecule has 8 aromatic carbocycles. The molecule has 0 saturated heterocycles. The van der Waals surface area contributed by atoms with Crippen molar-refractivity contribution in [3.05, 3.63) is 182 Å². The molecule has 4 nitrogen and oxygen atoms in total. The number of fused-ring (bicyclic) bond motifs is 9. The van der Waals surface area contributed by atoms with Crippen molar-refractivity contribution in [1.82, 2.24) is 19.5 Å². The molecule has 0 aliphatic heterocycles. The second-order valence-electron chi connectivity index (χ2n) is 14.4. The first-order chi connectivity index (χ1) is 28.2. The zero-order valence-electron chi connectivity index (χ0n) is 30.4. The Bertz CT molecular complexity index is 3530. The Morgan fingerprint density at radius 1 is 0.333 bits per heavy atom. The van der Waals surface area contributed by atoms with Gasteiger partial charge in [-0.25, -0.2) is 15.0 Å². The lowest BCUT2D eigenvalue weighted by molar-refractivity contribution is 1.08. The molecule has 0 N–H and O–H groups in total. The van der Waals surface area contributed by atoms with Gasteiger partial charge in [-0.2, -0.15) is 0 Å². The van der Waals surface area contributed by atoms with Crippen molar-refractivity contribution in [3.8, 4) is 51.0 Å². The molecular formula is C51H30N4S2. The first-order valence-corrected chi connectivity index (χ1v) is 20.7. The average molecular weight is 763 g/mol. The first-order valence-electron chi connectivity index (χ1n) is 19.0. The highest BCUT2D eigenvalue weighted by Crippen LogP contribution is 2.44. The Morgan fingerprint density at radius 2 is 0.912 bits per heavy atom. The van der Waals surface area contributed by atoms with Gasteiger partial charge < -0.3 is 4.57 Å². The average Bonchev–Trinajstić information content (AvgIpc) is 3.96. The Hall–Kier alpha value is -6.99. The van der Waals surface area contributed by atoms with Crippen LogP contribution in [0.5, 0.6) is 0 Å². The first kappa shape index (κ1) is 32.3. The minimum absolute atomic E-state index is 0.661. The molecule has 0 fully saturated rings. The molecule has 6 heteroatoms. The molecule has 12 rings (SSSR count). The highest BCUT2D eigenvalue weighted by molar-refractivity contribution is 7.26. The normalized spacial score (nSPS) is 11.9. The van der Waals surface area contributed by atoms with Crippen molar-refractivity contribution in [2.24, 2.45) is 0 Å². The summed E-state index contributed by atoms with van der Waals surface area (Å²) in [4.78, 5) is 15.5. The fourth-order valence-corrected chi connectivity index (χ4v) is 10.9. The fourth-order valence-electron chi connectivity index (χ4n) is 8.42. The smallest absolute Gasteiger partial charge is 0.165 e. The standard InChI is InChI=1S/C51H30N4S2/c1-3-13-31(14-4-1)49-52-50(54-51(53-49)41-22-12-20-39-38-18-8-10-24-45(38)56-48(39)41)33-26-28-46-42(29-33)40-21-11-19-35(47(40)57-46)32-25-27-37-36-17-7-9-23-43(36)55(44(37)30-32)34-15-5-2-6-16-34/h1-30H. The molecule has 266 valence electrons. The van der Waals surface area contributed by atoms with Gasteiger partial charge in [-0.1, -0.05) is 127 Å². The Kier molecular flexibility index (Phi) is 7.24. The minimum Gasteiger partial charge on any atom is -0.309 e. The third-order valence-electron chi connectivity index (χ3n) is 11.1. The summed E-state index contributed by atoms with van der Waals surface area (Å²) < 4.78 is 7.32. The molecule has 0 atom stereocenters. The van der Waals surface area contributed by atoms with Crippen LogP contribution in [0.25, 0.3) is 113 Å². The molecule has 12 aromatic rings. The van der Waals surface area contributed by atoms with Crippen LogP contribution in [0.1, 0.15) is 0 Å². The minimum atomic E-state index is 0.661. The topological polar surface area (TPSA) is 43.6 Å². The van der Waals surface area contributed by atoms with E-state index in [0.717, 1.165) is 22.4 Å². The van der Waals surface area contributed by atoms with Crippen molar-refractivity contribution >= 4 is 84.8 Å². The number of nitrogens with zero attached hydrogens (tertiary/aromatic N) is 4. The SMILES string of the molecule is c1ccc(-c2nc(-c3ccc4sc5c(-c6ccc7c8ccccc8n(-c8ccccc8)c7c6)cccc5c4c3)nc(-c3cccc4c3sc3ccccc34)n2)cc1. The van der Waals surface area contributed by atoms with E-state index >= 15 is 0 Å². The number of para-hydroxylation sites is 2. The second-order valence-corrected chi connectivity index (χ2v) is 16.5. The molecule has 0 unspecified atom stereocenters. The van der Waals surface area contributed by atoms with Gasteiger partial charge >= 0.3 is 0 Å². The fraction of sp³-hybridized carbons (Fsp3) is 0. The summed E-state index contributed by atoms with van der Waals surface area (Å²) in [6, 6.07) is 64.9. The van der Waals surface area contributed by atoms with Gasteiger partial charge in [0.2, 0.25) is 0 Å². The molecule has 0 radical (unpaired) electrons. The van der Waals surface area contributed by atoms with E-state index < -0.39 is 0 Å². The third-order valence-corrected chi connectivity index (χ3v) is 13.5. The predicted molar refractivity (Wildman–Crippen MR) is 242 cm³/mol. The summed E-state index contributed by atoms with van der Waals surface area (Å²) in [6.45, 7) is 0. The quantitative estimate of drug-likeness (QED) is 0.175. The van der Waals surface area contributed by atoms with E-state index in [2.05, 4.69) is 168 Å². The van der Waals surface area contributed by atoms with Crippen LogP contribution in [-0.4, -0.2) is 19.5 Å². The number of rotatable bonds is 5. The summed E-state index contributed by atoms with van der Waals surface area (Å²) in [5.74, 6) is 2.00. The van der Waals surface area contributed by atoms with Crippen LogP contribution in [0.4, 0.5) is 0 Å². The van der Waals surface area contributed by atoms with Gasteiger partial charge in [0.15, 0.2) is 17.5 Å². The van der Waals surface area contributed by atoms with Gasteiger partial charge in [-0.05, 0) is 65.7 Å². The van der Waals surface area contributed by atoms with Gasteiger partial charge in [0, 0.05) is 73.5 Å². The van der Waals surface area contributed by atoms with E-state index in [-0.39, 0.29) is 0 Å². The molecule has 4 aromatic heterocycles. The zero-order valence-corrected chi connectivity index (χ0v) is 32.1. The van der Waals surface area contributed by atoms with Gasteiger partial charge in [-0.15, -0.1) is 22.7 Å². The van der Waals surface area contributed by atoms with E-state index in [1.165, 1.54) is 73.3 Å². The van der Waals surface area contributed by atoms with E-state index in [9.17, 15) is 0 Å². The van der Waals surface area contributed by atoms with Gasteiger partial charge in [0.1, 0.15) is 0 Å². The highest BCUT2D eigenvalue weighted by atomic mass is 32.1. The van der Waals surface area contributed by atoms with E-state index in [4.69, 9.17) is 15.0 Å². The van der Waals surface area contributed by atoms with Crippen molar-refractivity contribution in [3.63, 3.8) is 0 Å². The lowest BCUT2D eigenvalue weighted by Gasteiger charge is -2.09. The van der Waals surface area contributed by atoms with Crippen molar-refractivity contribution < 1.29 is 0 Å². The molecule has 0 saturated carbocycles. The molecule has 57 heavy (non-hydrogen) atoms. The van der Waals surface area contributed by atoms with E-state index in [0.29, 0.717) is 17.5 Å². The Morgan fingerprint density at radius 3 is 1.74 bits per heavy atom. The van der Waals surface area contributed by atoms with Crippen LogP contribution in [0.3, 0.4) is 0 Å². The van der Waals surface area contributed by atoms with Crippen molar-refractivity contribution in [1.29, 1.82) is 0 Å². The zero-order chi connectivity index (χ0) is 37.5. The summed E-state index contributed by atoms with van der Waals surface area (Å²) in [5, 5.41) is 7.41. The van der Waals surface area contributed by atoms with Crippen LogP contribution in [0.15, 0.2) is 182 Å². The predicted octanol–water partition coefficient (Wildman–Crippen LogP) is 14.4. The number of hydrogen-bond donors (Lipinski definition) is 0. The maximum Gasteiger partial charge on any atom is 0.165 e. The molecule has 0 bridgehead atoms. The maximum atomic E-state index is 5.22. The molecular weight excluding hydrogens is 733 g/mol. The Balaban J connectivity index is 1.02. The third kappa shape index (κ3) is 5.15. The molecule has 4 heterocycles. The van der Waals surface area contributed by atoms with Crippen LogP contribution in [-0.2, 0) is 0 Å². The number of thiophene rings is 2. The van der Waals surface area contributed by atoms with Crippen molar-refractivity contribution in [2.45, 2.75) is 0 Å². The van der Waals surface area contributed by atoms with E-state index in [1.807, 2.05) is 29.5 Å². The van der Waals surface area contributed by atoms with Crippen LogP contribution >= 0.6 is 22.7 Å². The lowest BCUT2D eigenvalue weighted by Crippen LogP contribution is -2.00. The molecule has 0 amide bonds.